The van der Waals surface area contributed by atoms with Crippen molar-refractivity contribution in [3.05, 3.63) is 29.8 Å². The maximum absolute atomic E-state index is 13.6. The van der Waals surface area contributed by atoms with Gasteiger partial charge in [-0.1, -0.05) is 38.5 Å². The standard InChI is InChI=1S/C22H35NO4SSi/c1-17-9-11-19(12-10-17)28(25,26)23-16-18(27-29(5,6)21(2,3)4)13-15-22(23)14-7-8-20(22)24/h9-12,18H,7-8,13-16H2,1-6H3/t18-,22-/m0/s1. The molecule has 162 valence electrons. The van der Waals surface area contributed by atoms with Crippen molar-refractivity contribution in [2.24, 2.45) is 0 Å². The van der Waals surface area contributed by atoms with Crippen molar-refractivity contribution in [1.29, 1.82) is 0 Å². The van der Waals surface area contributed by atoms with Gasteiger partial charge in [-0.3, -0.25) is 4.79 Å². The van der Waals surface area contributed by atoms with Gasteiger partial charge in [0.15, 0.2) is 14.1 Å². The van der Waals surface area contributed by atoms with E-state index >= 15 is 0 Å². The third kappa shape index (κ3) is 4.11. The molecule has 1 aromatic rings. The highest BCUT2D eigenvalue weighted by Gasteiger charge is 2.55. The number of benzene rings is 1. The number of aryl methyl sites for hydroxylation is 1. The van der Waals surface area contributed by atoms with Crippen LogP contribution in [-0.2, 0) is 19.2 Å². The van der Waals surface area contributed by atoms with Crippen molar-refractivity contribution >= 4 is 24.1 Å². The first-order chi connectivity index (χ1) is 13.3. The Kier molecular flexibility index (Phi) is 5.93. The van der Waals surface area contributed by atoms with Gasteiger partial charge < -0.3 is 4.43 Å². The van der Waals surface area contributed by atoms with E-state index in [0.29, 0.717) is 19.3 Å². The van der Waals surface area contributed by atoms with Crippen LogP contribution in [0, 0.1) is 6.92 Å². The first-order valence-electron chi connectivity index (χ1n) is 10.6. The molecule has 1 aromatic carbocycles. The Morgan fingerprint density at radius 2 is 1.76 bits per heavy atom. The summed E-state index contributed by atoms with van der Waals surface area (Å²) in [5, 5.41) is 0.0476. The highest BCUT2D eigenvalue weighted by atomic mass is 32.2. The number of hydrogen-bond acceptors (Lipinski definition) is 4. The Hall–Kier alpha value is -1.02. The second-order valence-corrected chi connectivity index (χ2v) is 16.8. The van der Waals surface area contributed by atoms with E-state index in [1.54, 1.807) is 12.1 Å². The van der Waals surface area contributed by atoms with Gasteiger partial charge in [0.25, 0.3) is 0 Å². The molecule has 2 fully saturated rings. The number of ketones is 1. The summed E-state index contributed by atoms with van der Waals surface area (Å²) in [6, 6.07) is 6.92. The molecule has 0 radical (unpaired) electrons. The molecule has 1 saturated carbocycles. The number of nitrogens with zero attached hydrogens (tertiary/aromatic N) is 1. The molecule has 29 heavy (non-hydrogen) atoms. The molecule has 0 bridgehead atoms. The zero-order valence-electron chi connectivity index (χ0n) is 18.6. The van der Waals surface area contributed by atoms with Gasteiger partial charge >= 0.3 is 0 Å². The van der Waals surface area contributed by atoms with E-state index in [0.717, 1.165) is 18.4 Å². The number of Topliss-reactive ketones (excluding diaryl/α,β-unsaturated/α-hetero) is 1. The van der Waals surface area contributed by atoms with E-state index < -0.39 is 23.9 Å². The topological polar surface area (TPSA) is 63.7 Å². The van der Waals surface area contributed by atoms with E-state index in [1.807, 2.05) is 19.1 Å². The monoisotopic (exact) mass is 437 g/mol. The zero-order valence-corrected chi connectivity index (χ0v) is 20.4. The normalized spacial score (nSPS) is 27.0. The molecule has 5 nitrogen and oxygen atoms in total. The van der Waals surface area contributed by atoms with Crippen molar-refractivity contribution in [1.82, 2.24) is 4.31 Å². The fourth-order valence-corrected chi connectivity index (χ4v) is 7.49. The van der Waals surface area contributed by atoms with Crippen molar-refractivity contribution < 1.29 is 17.6 Å². The fraction of sp³-hybridized carbons (Fsp3) is 0.682. The van der Waals surface area contributed by atoms with Crippen LogP contribution in [0.4, 0.5) is 0 Å². The fourth-order valence-electron chi connectivity index (χ4n) is 4.27. The van der Waals surface area contributed by atoms with Crippen LogP contribution in [0.1, 0.15) is 58.4 Å². The van der Waals surface area contributed by atoms with Crippen LogP contribution in [0.15, 0.2) is 29.2 Å². The first-order valence-corrected chi connectivity index (χ1v) is 15.0. The highest BCUT2D eigenvalue weighted by Crippen LogP contribution is 2.45. The Morgan fingerprint density at radius 1 is 1.14 bits per heavy atom. The largest absolute Gasteiger partial charge is 0.413 e. The maximum Gasteiger partial charge on any atom is 0.244 e. The van der Waals surface area contributed by atoms with Gasteiger partial charge in [0.2, 0.25) is 10.0 Å². The van der Waals surface area contributed by atoms with Gasteiger partial charge in [0, 0.05) is 13.0 Å². The highest BCUT2D eigenvalue weighted by molar-refractivity contribution is 7.89. The number of piperidine rings is 1. The smallest absolute Gasteiger partial charge is 0.244 e. The first kappa shape index (κ1) is 22.7. The Balaban J connectivity index is 1.97. The van der Waals surface area contributed by atoms with Crippen molar-refractivity contribution in [3.8, 4) is 0 Å². The molecule has 1 saturated heterocycles. The molecule has 0 N–H and O–H groups in total. The van der Waals surface area contributed by atoms with Crippen LogP contribution < -0.4 is 0 Å². The molecule has 7 heteroatoms. The average Bonchev–Trinajstić information content (AvgIpc) is 2.96. The lowest BCUT2D eigenvalue weighted by atomic mass is 9.85. The Bertz CT molecular complexity index is 873. The molecule has 1 aliphatic carbocycles. The second kappa shape index (κ2) is 7.59. The molecule has 0 unspecified atom stereocenters. The summed E-state index contributed by atoms with van der Waals surface area (Å²) >= 11 is 0. The molecule has 0 amide bonds. The van der Waals surface area contributed by atoms with E-state index in [-0.39, 0.29) is 28.4 Å². The second-order valence-electron chi connectivity index (χ2n) is 10.2. The minimum Gasteiger partial charge on any atom is -0.413 e. The molecule has 2 aliphatic rings. The molecule has 0 aromatic heterocycles. The summed E-state index contributed by atoms with van der Waals surface area (Å²) in [6.07, 6.45) is 2.95. The number of carbonyl (C=O) groups excluding carboxylic acids is 1. The van der Waals surface area contributed by atoms with Crippen LogP contribution in [-0.4, -0.2) is 45.0 Å². The van der Waals surface area contributed by atoms with Crippen LogP contribution in [0.2, 0.25) is 18.1 Å². The van der Waals surface area contributed by atoms with Gasteiger partial charge in [-0.05, 0) is 62.9 Å². The SMILES string of the molecule is Cc1ccc(S(=O)(=O)N2C[C@@H](O[Si](C)(C)C(C)(C)C)CC[C@]23CCCC3=O)cc1. The lowest BCUT2D eigenvalue weighted by molar-refractivity contribution is -0.128. The molecule has 2 atom stereocenters. The van der Waals surface area contributed by atoms with E-state index in [9.17, 15) is 13.2 Å². The Morgan fingerprint density at radius 3 is 2.28 bits per heavy atom. The number of hydrogen-bond donors (Lipinski definition) is 0. The third-order valence-electron chi connectivity index (χ3n) is 7.12. The molecule has 1 heterocycles. The maximum atomic E-state index is 13.6. The molecular weight excluding hydrogens is 402 g/mol. The van der Waals surface area contributed by atoms with E-state index in [1.165, 1.54) is 4.31 Å². The third-order valence-corrected chi connectivity index (χ3v) is 13.6. The van der Waals surface area contributed by atoms with Crippen molar-refractivity contribution in [3.63, 3.8) is 0 Å². The van der Waals surface area contributed by atoms with Crippen LogP contribution >= 0.6 is 0 Å². The summed E-state index contributed by atoms with van der Waals surface area (Å²) in [6.45, 7) is 13.1. The van der Waals surface area contributed by atoms with E-state index in [4.69, 9.17) is 4.43 Å². The van der Waals surface area contributed by atoms with Crippen LogP contribution in [0.25, 0.3) is 0 Å². The number of rotatable bonds is 4. The quantitative estimate of drug-likeness (QED) is 0.643. The Labute approximate surface area is 177 Å². The van der Waals surface area contributed by atoms with Crippen molar-refractivity contribution in [2.45, 2.75) is 94.5 Å². The van der Waals surface area contributed by atoms with Gasteiger partial charge in [-0.15, -0.1) is 0 Å². The zero-order chi connectivity index (χ0) is 21.7. The van der Waals surface area contributed by atoms with Gasteiger partial charge in [0.1, 0.15) is 0 Å². The molecule has 1 aliphatic heterocycles. The van der Waals surface area contributed by atoms with Gasteiger partial charge in [0.05, 0.1) is 16.5 Å². The molecule has 1 spiro atoms. The van der Waals surface area contributed by atoms with Crippen LogP contribution in [0.5, 0.6) is 0 Å². The molecule has 3 rings (SSSR count). The average molecular weight is 438 g/mol. The molecular formula is C22H35NO4SSi. The van der Waals surface area contributed by atoms with Gasteiger partial charge in [-0.25, -0.2) is 8.42 Å². The summed E-state index contributed by atoms with van der Waals surface area (Å²) < 4.78 is 35.4. The minimum absolute atomic E-state index is 0.0476. The lowest BCUT2D eigenvalue weighted by Crippen LogP contribution is -2.61. The number of sulfonamides is 1. The van der Waals surface area contributed by atoms with Gasteiger partial charge in [-0.2, -0.15) is 4.31 Å². The summed E-state index contributed by atoms with van der Waals surface area (Å²) in [4.78, 5) is 13.2. The summed E-state index contributed by atoms with van der Waals surface area (Å²) in [5.41, 5.74) is 0.116. The summed E-state index contributed by atoms with van der Waals surface area (Å²) in [5.74, 6) is 0.0685. The number of carbonyl (C=O) groups is 1. The predicted molar refractivity (Wildman–Crippen MR) is 118 cm³/mol. The lowest BCUT2D eigenvalue weighted by Gasteiger charge is -2.48. The van der Waals surface area contributed by atoms with E-state index in [2.05, 4.69) is 33.9 Å². The summed E-state index contributed by atoms with van der Waals surface area (Å²) in [7, 11) is -5.82. The van der Waals surface area contributed by atoms with Crippen LogP contribution in [0.3, 0.4) is 0 Å². The van der Waals surface area contributed by atoms with Crippen molar-refractivity contribution in [2.75, 3.05) is 6.54 Å². The predicted octanol–water partition coefficient (Wildman–Crippen LogP) is 4.66. The minimum atomic E-state index is -3.78.